The molecular weight excluding hydrogens is 223 g/mol. The van der Waals surface area contributed by atoms with E-state index in [0.29, 0.717) is 0 Å². The molecule has 1 nitrogen and oxygen atoms in total. The maximum atomic E-state index is 8.52. The van der Waals surface area contributed by atoms with Gasteiger partial charge >= 0.3 is 13.2 Å². The summed E-state index contributed by atoms with van der Waals surface area (Å²) in [7, 11) is 5.79. The van der Waals surface area contributed by atoms with E-state index in [1.54, 1.807) is 0 Å². The van der Waals surface area contributed by atoms with E-state index in [4.69, 9.17) is 15.2 Å². The average molecular weight is 243 g/mol. The molecule has 0 aliphatic rings. The Labute approximate surface area is 102 Å². The van der Waals surface area contributed by atoms with Gasteiger partial charge in [-0.05, 0) is 12.0 Å². The molecule has 84 valence electrons. The molecule has 1 rings (SSSR count). The second-order valence-corrected chi connectivity index (χ2v) is 8.05. The number of halogens is 1. The van der Waals surface area contributed by atoms with Crippen LogP contribution in [0.1, 0.15) is 19.4 Å². The van der Waals surface area contributed by atoms with E-state index in [2.05, 4.69) is 13.8 Å². The van der Waals surface area contributed by atoms with Gasteiger partial charge < -0.3 is 5.11 Å². The lowest BCUT2D eigenvalue weighted by Gasteiger charge is -1.93. The van der Waals surface area contributed by atoms with Gasteiger partial charge in [0.1, 0.15) is 0 Å². The van der Waals surface area contributed by atoms with Gasteiger partial charge in [0, 0.05) is 6.61 Å². The smallest absolute Gasteiger partial charge is 0.396 e. The molecule has 0 heterocycles. The minimum atomic E-state index is -0.688. The SMILES string of the molecule is C[CH2][Al]([Cl])[CH2]C.OCCc1ccccc1. The fourth-order valence-electron chi connectivity index (χ4n) is 1.06. The molecule has 1 aromatic rings. The largest absolute Gasteiger partial charge is 0.399 e. The molecule has 3 heteroatoms. The summed E-state index contributed by atoms with van der Waals surface area (Å²) >= 11 is -0.688. The fraction of sp³-hybridized carbons (Fsp3) is 0.500. The number of hydrogen-bond donors (Lipinski definition) is 1. The molecule has 0 aliphatic carbocycles. The quantitative estimate of drug-likeness (QED) is 0.802. The van der Waals surface area contributed by atoms with Gasteiger partial charge in [-0.15, -0.1) is 0 Å². The van der Waals surface area contributed by atoms with Crippen LogP contribution in [-0.2, 0) is 6.42 Å². The van der Waals surface area contributed by atoms with Crippen molar-refractivity contribution in [1.29, 1.82) is 0 Å². The zero-order valence-electron chi connectivity index (χ0n) is 9.62. The van der Waals surface area contributed by atoms with E-state index in [1.165, 1.54) is 16.1 Å². The molecule has 0 radical (unpaired) electrons. The molecule has 0 saturated heterocycles. The summed E-state index contributed by atoms with van der Waals surface area (Å²) in [6.07, 6.45) is 0.765. The molecular formula is C12H20AlClO. The van der Waals surface area contributed by atoms with Gasteiger partial charge in [0.15, 0.2) is 0 Å². The van der Waals surface area contributed by atoms with Gasteiger partial charge in [-0.25, -0.2) is 0 Å². The molecule has 15 heavy (non-hydrogen) atoms. The Balaban J connectivity index is 0.000000288. The zero-order chi connectivity index (χ0) is 11.5. The summed E-state index contributed by atoms with van der Waals surface area (Å²) in [6, 6.07) is 9.95. The molecule has 0 saturated carbocycles. The predicted molar refractivity (Wildman–Crippen MR) is 69.8 cm³/mol. The van der Waals surface area contributed by atoms with Crippen molar-refractivity contribution in [2.45, 2.75) is 30.8 Å². The highest BCUT2D eigenvalue weighted by Gasteiger charge is 2.04. The first-order chi connectivity index (χ1) is 7.24. The lowest BCUT2D eigenvalue weighted by Crippen LogP contribution is -1.95. The van der Waals surface area contributed by atoms with Crippen molar-refractivity contribution in [1.82, 2.24) is 0 Å². The maximum absolute atomic E-state index is 8.52. The minimum Gasteiger partial charge on any atom is -0.396 e. The van der Waals surface area contributed by atoms with Gasteiger partial charge in [0.25, 0.3) is 0 Å². The lowest BCUT2D eigenvalue weighted by atomic mass is 10.2. The summed E-state index contributed by atoms with van der Waals surface area (Å²) in [5, 5.41) is 11.0. The van der Waals surface area contributed by atoms with E-state index < -0.39 is 13.2 Å². The van der Waals surface area contributed by atoms with Crippen molar-refractivity contribution in [3.05, 3.63) is 35.9 Å². The van der Waals surface area contributed by atoms with Crippen molar-refractivity contribution in [3.63, 3.8) is 0 Å². The van der Waals surface area contributed by atoms with Crippen LogP contribution >= 0.6 is 10.0 Å². The average Bonchev–Trinajstić information content (AvgIpc) is 2.31. The monoisotopic (exact) mass is 242 g/mol. The van der Waals surface area contributed by atoms with Gasteiger partial charge in [-0.3, -0.25) is 10.0 Å². The maximum Gasteiger partial charge on any atom is 0.399 e. The van der Waals surface area contributed by atoms with Gasteiger partial charge in [-0.2, -0.15) is 0 Å². The minimum absolute atomic E-state index is 0.240. The van der Waals surface area contributed by atoms with Crippen molar-refractivity contribution >= 4 is 23.3 Å². The Morgan fingerprint density at radius 2 is 1.67 bits per heavy atom. The van der Waals surface area contributed by atoms with E-state index >= 15 is 0 Å². The molecule has 0 aromatic heterocycles. The molecule has 1 aromatic carbocycles. The van der Waals surface area contributed by atoms with E-state index in [0.717, 1.165) is 6.42 Å². The number of aliphatic hydroxyl groups excluding tert-OH is 1. The van der Waals surface area contributed by atoms with Gasteiger partial charge in [0.2, 0.25) is 0 Å². The number of benzene rings is 1. The standard InChI is InChI=1S/C8H10O.2C2H5.Al.ClH/c9-7-6-8-4-2-1-3-5-8;2*1-2;;/h1-5,9H,6-7H2;2*1H2,2H3;;1H/q;;;+1;/p-1. The molecule has 0 amide bonds. The predicted octanol–water partition coefficient (Wildman–Crippen LogP) is 3.48. The first-order valence-corrected chi connectivity index (χ1v) is 8.91. The Morgan fingerprint density at radius 3 is 2.00 bits per heavy atom. The Morgan fingerprint density at radius 1 is 1.13 bits per heavy atom. The topological polar surface area (TPSA) is 20.2 Å². The molecule has 0 atom stereocenters. The van der Waals surface area contributed by atoms with E-state index in [9.17, 15) is 0 Å². The van der Waals surface area contributed by atoms with Crippen molar-refractivity contribution in [3.8, 4) is 0 Å². The van der Waals surface area contributed by atoms with E-state index in [1.807, 2.05) is 30.3 Å². The summed E-state index contributed by atoms with van der Waals surface area (Å²) in [5.74, 6) is 0. The molecule has 0 bridgehead atoms. The Hall–Kier alpha value is 0.00247. The van der Waals surface area contributed by atoms with Crippen LogP contribution in [0.25, 0.3) is 0 Å². The third kappa shape index (κ3) is 8.96. The summed E-state index contributed by atoms with van der Waals surface area (Å²) in [4.78, 5) is 0. The fourth-order valence-corrected chi connectivity index (χ4v) is 1.64. The second kappa shape index (κ2) is 10.5. The first kappa shape index (κ1) is 15.0. The second-order valence-electron chi connectivity index (χ2n) is 3.37. The normalized spacial score (nSPS) is 9.07. The highest BCUT2D eigenvalue weighted by molar-refractivity contribution is 7.06. The molecule has 0 fully saturated rings. The number of aliphatic hydroxyl groups is 1. The molecule has 0 aliphatic heterocycles. The lowest BCUT2D eigenvalue weighted by molar-refractivity contribution is 0.299. The van der Waals surface area contributed by atoms with Crippen LogP contribution in [0, 0.1) is 0 Å². The van der Waals surface area contributed by atoms with Crippen molar-refractivity contribution < 1.29 is 5.11 Å². The number of hydrogen-bond acceptors (Lipinski definition) is 1. The molecule has 1 N–H and O–H groups in total. The van der Waals surface area contributed by atoms with Crippen LogP contribution in [0.3, 0.4) is 0 Å². The van der Waals surface area contributed by atoms with Crippen LogP contribution in [0.15, 0.2) is 30.3 Å². The highest BCUT2D eigenvalue weighted by atomic mass is 35.6. The summed E-state index contributed by atoms with van der Waals surface area (Å²) in [5.41, 5.74) is 1.19. The van der Waals surface area contributed by atoms with Gasteiger partial charge in [0.05, 0.1) is 0 Å². The van der Waals surface area contributed by atoms with Gasteiger partial charge in [-0.1, -0.05) is 54.7 Å². The van der Waals surface area contributed by atoms with Crippen LogP contribution in [-0.4, -0.2) is 24.9 Å². The van der Waals surface area contributed by atoms with Crippen molar-refractivity contribution in [2.24, 2.45) is 0 Å². The highest BCUT2D eigenvalue weighted by Crippen LogP contribution is 2.00. The van der Waals surface area contributed by atoms with Crippen LogP contribution in [0.4, 0.5) is 0 Å². The third-order valence-electron chi connectivity index (χ3n) is 2.13. The van der Waals surface area contributed by atoms with Crippen LogP contribution in [0.5, 0.6) is 0 Å². The summed E-state index contributed by atoms with van der Waals surface area (Å²) < 4.78 is 0. The molecule has 0 unspecified atom stereocenters. The zero-order valence-corrected chi connectivity index (χ0v) is 11.5. The van der Waals surface area contributed by atoms with E-state index in [-0.39, 0.29) is 6.61 Å². The third-order valence-corrected chi connectivity index (χ3v) is 5.75. The Kier molecular flexibility index (Phi) is 10.5. The number of rotatable bonds is 4. The first-order valence-electron chi connectivity index (χ1n) is 5.53. The van der Waals surface area contributed by atoms with Crippen molar-refractivity contribution in [2.75, 3.05) is 6.61 Å². The van der Waals surface area contributed by atoms with Crippen LogP contribution in [0.2, 0.25) is 10.6 Å². The van der Waals surface area contributed by atoms with Crippen LogP contribution < -0.4 is 0 Å². The summed E-state index contributed by atoms with van der Waals surface area (Å²) in [6.45, 7) is 4.56. The molecule has 0 spiro atoms. The Bertz CT molecular complexity index is 224.